The number of halogens is 3. The SMILES string of the molecule is [2H]C(CC(=O)C(F)(F)c1ccc(Cl)cc1)c1ccc2c(c1)CN(C1C(=O)N([2H])C(=O)C([2H])([2H])C1([2H])[2H])C2=O. The molecule has 2 aliphatic rings. The van der Waals surface area contributed by atoms with Crippen molar-refractivity contribution in [2.45, 2.75) is 44.1 Å². The van der Waals surface area contributed by atoms with Crippen LogP contribution in [0.2, 0.25) is 6.43 Å². The molecule has 2 atom stereocenters. The molecule has 0 spiro atoms. The number of Topliss-reactive ketones (excluding diaryl/α,β-unsaturated/α-hetero) is 1. The molecule has 2 aliphatic heterocycles. The summed E-state index contributed by atoms with van der Waals surface area (Å²) in [7, 11) is 0. The van der Waals surface area contributed by atoms with Gasteiger partial charge in [-0.05, 0) is 42.1 Å². The van der Waals surface area contributed by atoms with Crippen LogP contribution in [0.15, 0.2) is 42.5 Å². The normalized spacial score (nSPS) is 25.7. The van der Waals surface area contributed by atoms with Crippen molar-refractivity contribution in [1.82, 2.24) is 10.2 Å². The van der Waals surface area contributed by atoms with Crippen LogP contribution in [0.4, 0.5) is 8.78 Å². The molecule has 6 nitrogen and oxygen atoms in total. The van der Waals surface area contributed by atoms with Crippen LogP contribution < -0.4 is 5.31 Å². The van der Waals surface area contributed by atoms with Crippen molar-refractivity contribution in [2.24, 2.45) is 0 Å². The number of alkyl halides is 2. The summed E-state index contributed by atoms with van der Waals surface area (Å²) in [6, 6.07) is 6.09. The van der Waals surface area contributed by atoms with Crippen molar-refractivity contribution in [3.05, 3.63) is 69.7 Å². The number of fused-ring (bicyclic) bond motifs is 1. The summed E-state index contributed by atoms with van der Waals surface area (Å²) in [5.41, 5.74) is -0.317. The molecule has 0 aliphatic carbocycles. The maximum atomic E-state index is 14.6. The van der Waals surface area contributed by atoms with E-state index in [0.717, 1.165) is 12.1 Å². The minimum atomic E-state index is -3.88. The Labute approximate surface area is 196 Å². The van der Waals surface area contributed by atoms with Crippen molar-refractivity contribution < 1.29 is 36.2 Å². The van der Waals surface area contributed by atoms with E-state index < -0.39 is 73.1 Å². The summed E-state index contributed by atoms with van der Waals surface area (Å²) in [6.45, 7) is -0.433. The third-order valence-electron chi connectivity index (χ3n) is 5.11. The fourth-order valence-corrected chi connectivity index (χ4v) is 3.58. The van der Waals surface area contributed by atoms with Gasteiger partial charge in [0.05, 0.1) is 0 Å². The van der Waals surface area contributed by atoms with Gasteiger partial charge in [-0.3, -0.25) is 24.5 Å². The van der Waals surface area contributed by atoms with Crippen molar-refractivity contribution in [3.8, 4) is 0 Å². The van der Waals surface area contributed by atoms with Crippen LogP contribution >= 0.6 is 11.6 Å². The first-order valence-electron chi connectivity index (χ1n) is 12.4. The number of imide groups is 1. The van der Waals surface area contributed by atoms with E-state index in [1.165, 1.54) is 30.3 Å². The lowest BCUT2D eigenvalue weighted by Crippen LogP contribution is -2.52. The summed E-state index contributed by atoms with van der Waals surface area (Å²) in [5.74, 6) is -9.39. The molecular formula is C23H19ClF2N2O4. The summed E-state index contributed by atoms with van der Waals surface area (Å²) in [4.78, 5) is 50.7. The van der Waals surface area contributed by atoms with Gasteiger partial charge >= 0.3 is 5.92 Å². The summed E-state index contributed by atoms with van der Waals surface area (Å²) in [5, 5.41) is -0.0988. The average molecular weight is 467 g/mol. The van der Waals surface area contributed by atoms with Crippen LogP contribution in [0.3, 0.4) is 0 Å². The van der Waals surface area contributed by atoms with Crippen molar-refractivity contribution >= 4 is 35.1 Å². The van der Waals surface area contributed by atoms with Crippen LogP contribution in [0.25, 0.3) is 0 Å². The minimum Gasteiger partial charge on any atom is -0.322 e. The molecule has 0 radical (unpaired) electrons. The van der Waals surface area contributed by atoms with E-state index in [9.17, 15) is 28.0 Å². The zero-order chi connectivity index (χ0) is 28.4. The summed E-state index contributed by atoms with van der Waals surface area (Å²) in [6.07, 6.45) is -8.77. The largest absolute Gasteiger partial charge is 0.330 e. The molecule has 166 valence electrons. The number of benzene rings is 2. The number of ketones is 1. The van der Waals surface area contributed by atoms with Gasteiger partial charge in [0.15, 0.2) is 1.41 Å². The second kappa shape index (κ2) is 8.43. The first-order chi connectivity index (χ1) is 17.5. The highest BCUT2D eigenvalue weighted by molar-refractivity contribution is 6.30. The number of nitrogens with one attached hydrogen (secondary N) is 1. The highest BCUT2D eigenvalue weighted by atomic mass is 35.5. The molecule has 32 heavy (non-hydrogen) atoms. The summed E-state index contributed by atoms with van der Waals surface area (Å²) < 4.78 is 77.0. The quantitative estimate of drug-likeness (QED) is 0.661. The van der Waals surface area contributed by atoms with Gasteiger partial charge in [-0.2, -0.15) is 8.78 Å². The molecule has 2 aromatic carbocycles. The Morgan fingerprint density at radius 2 is 1.97 bits per heavy atom. The molecular weight excluding hydrogens is 442 g/mol. The maximum absolute atomic E-state index is 14.6. The topological polar surface area (TPSA) is 83.6 Å². The standard InChI is InChI=1S/C23H19ClF2N2O4/c24-16-5-3-15(4-6-16)23(25,26)19(29)9-2-13-1-7-17-14(11-13)12-28(22(17)32)18-8-10-20(30)27-21(18)31/h1,3-7,11,18H,2,8-10,12H2,(H,27,30,31)/i2D,8D2,10D2/hD. The number of hydrogen-bond acceptors (Lipinski definition) is 4. The van der Waals surface area contributed by atoms with Crippen LogP contribution in [-0.2, 0) is 33.2 Å². The van der Waals surface area contributed by atoms with E-state index in [2.05, 4.69) is 0 Å². The number of aryl methyl sites for hydroxylation is 1. The van der Waals surface area contributed by atoms with E-state index >= 15 is 0 Å². The summed E-state index contributed by atoms with van der Waals surface area (Å²) >= 11 is 5.70. The number of piperidine rings is 1. The minimum absolute atomic E-state index is 0.0173. The zero-order valence-electron chi connectivity index (χ0n) is 22.3. The second-order valence-electron chi connectivity index (χ2n) is 7.19. The molecule has 2 aromatic rings. The molecule has 0 saturated carbocycles. The number of nitrogens with zero attached hydrogens (tertiary/aromatic N) is 1. The Hall–Kier alpha value is -3.13. The lowest BCUT2D eigenvalue weighted by molar-refractivity contribution is -0.144. The predicted octanol–water partition coefficient (Wildman–Crippen LogP) is 3.39. The first-order valence-corrected chi connectivity index (χ1v) is 9.80. The Kier molecular flexibility index (Phi) is 4.12. The average Bonchev–Trinajstić information content (AvgIpc) is 3.17. The molecule has 3 amide bonds. The number of hydrogen-bond donors (Lipinski definition) is 1. The van der Waals surface area contributed by atoms with Gasteiger partial charge < -0.3 is 4.90 Å². The van der Waals surface area contributed by atoms with Gasteiger partial charge in [0.25, 0.3) is 5.91 Å². The van der Waals surface area contributed by atoms with Crippen molar-refractivity contribution in [3.63, 3.8) is 0 Å². The highest BCUT2D eigenvalue weighted by Gasteiger charge is 2.41. The van der Waals surface area contributed by atoms with Crippen LogP contribution in [-0.4, -0.2) is 34.4 Å². The van der Waals surface area contributed by atoms with Crippen molar-refractivity contribution in [2.75, 3.05) is 0 Å². The molecule has 0 aromatic heterocycles. The molecule has 4 rings (SSSR count). The molecule has 1 fully saturated rings. The number of carbonyl (C=O) groups is 4. The molecule has 1 N–H and O–H groups in total. The lowest BCUT2D eigenvalue weighted by atomic mass is 9.97. The monoisotopic (exact) mass is 466 g/mol. The fraction of sp³-hybridized carbons (Fsp3) is 0.304. The van der Waals surface area contributed by atoms with Crippen LogP contribution in [0.1, 0.15) is 53.1 Å². The van der Waals surface area contributed by atoms with Crippen LogP contribution in [0.5, 0.6) is 0 Å². The zero-order valence-corrected chi connectivity index (χ0v) is 17.0. The predicted molar refractivity (Wildman–Crippen MR) is 111 cm³/mol. The molecule has 9 heteroatoms. The van der Waals surface area contributed by atoms with Crippen molar-refractivity contribution in [1.29, 1.82) is 0 Å². The molecule has 0 bridgehead atoms. The van der Waals surface area contributed by atoms with Crippen LogP contribution in [0, 0.1) is 0 Å². The van der Waals surface area contributed by atoms with Gasteiger partial charge in [0.2, 0.25) is 17.6 Å². The van der Waals surface area contributed by atoms with E-state index in [0.29, 0.717) is 4.90 Å². The van der Waals surface area contributed by atoms with E-state index in [1.807, 2.05) is 0 Å². The molecule has 2 unspecified atom stereocenters. The highest BCUT2D eigenvalue weighted by Crippen LogP contribution is 2.32. The van der Waals surface area contributed by atoms with Gasteiger partial charge in [-0.1, -0.05) is 35.9 Å². The number of amides is 3. The van der Waals surface area contributed by atoms with Gasteiger partial charge in [0, 0.05) is 42.3 Å². The van der Waals surface area contributed by atoms with E-state index in [1.54, 1.807) is 0 Å². The van der Waals surface area contributed by atoms with Gasteiger partial charge in [0.1, 0.15) is 6.04 Å². The third kappa shape index (κ3) is 4.14. The maximum Gasteiger partial charge on any atom is 0.330 e. The van der Waals surface area contributed by atoms with E-state index in [-0.39, 0.29) is 27.0 Å². The lowest BCUT2D eigenvalue weighted by Gasteiger charge is -2.29. The number of rotatable bonds is 6. The second-order valence-corrected chi connectivity index (χ2v) is 7.63. The number of carbonyl (C=O) groups excluding carboxylic acids is 4. The Morgan fingerprint density at radius 3 is 2.69 bits per heavy atom. The Balaban J connectivity index is 1.56. The fourth-order valence-electron chi connectivity index (χ4n) is 3.45. The van der Waals surface area contributed by atoms with Gasteiger partial charge in [-0.25, -0.2) is 0 Å². The molecule has 2 heterocycles. The smallest absolute Gasteiger partial charge is 0.322 e. The third-order valence-corrected chi connectivity index (χ3v) is 5.37. The van der Waals surface area contributed by atoms with Gasteiger partial charge in [-0.15, -0.1) is 0 Å². The Bertz CT molecular complexity index is 1360. The van der Waals surface area contributed by atoms with E-state index in [4.69, 9.17) is 19.9 Å². The Morgan fingerprint density at radius 1 is 1.25 bits per heavy atom. The molecule has 1 saturated heterocycles. The first kappa shape index (κ1) is 15.6.